The van der Waals surface area contributed by atoms with Crippen LogP contribution in [0.4, 0.5) is 0 Å². The van der Waals surface area contributed by atoms with E-state index in [4.69, 9.17) is 0 Å². The lowest BCUT2D eigenvalue weighted by Crippen LogP contribution is -2.15. The fourth-order valence-electron chi connectivity index (χ4n) is 1.49. The molecule has 1 unspecified atom stereocenters. The predicted molar refractivity (Wildman–Crippen MR) is 62.5 cm³/mol. The number of rotatable bonds is 4. The van der Waals surface area contributed by atoms with Crippen molar-refractivity contribution in [3.8, 4) is 5.75 Å². The van der Waals surface area contributed by atoms with E-state index < -0.39 is 12.1 Å². The number of phenols is 1. The molecule has 0 radical (unpaired) electrons. The van der Waals surface area contributed by atoms with Crippen molar-refractivity contribution in [2.45, 2.75) is 12.6 Å². The number of aromatic hydroxyl groups is 1. The quantitative estimate of drug-likeness (QED) is 0.755. The summed E-state index contributed by atoms with van der Waals surface area (Å²) in [5.74, 6) is -0.578. The number of aliphatic hydroxyl groups excluding tert-OH is 1. The lowest BCUT2D eigenvalue weighted by Gasteiger charge is -2.14. The van der Waals surface area contributed by atoms with Gasteiger partial charge in [-0.15, -0.1) is 0 Å². The average molecular weight is 239 g/mol. The molecule has 0 aliphatic carbocycles. The monoisotopic (exact) mass is 239 g/mol. The zero-order valence-corrected chi connectivity index (χ0v) is 10.2. The molecule has 0 bridgehead atoms. The van der Waals surface area contributed by atoms with Crippen LogP contribution in [0.3, 0.4) is 0 Å². The number of benzene rings is 1. The summed E-state index contributed by atoms with van der Waals surface area (Å²) in [5, 5.41) is 19.3. The third-order valence-corrected chi connectivity index (χ3v) is 2.33. The zero-order valence-electron chi connectivity index (χ0n) is 10.2. The molecule has 0 amide bonds. The Labute approximate surface area is 100 Å². The Hall–Kier alpha value is -1.59. The molecule has 0 aromatic heterocycles. The van der Waals surface area contributed by atoms with Gasteiger partial charge in [-0.3, -0.25) is 0 Å². The van der Waals surface area contributed by atoms with Gasteiger partial charge in [0.25, 0.3) is 0 Å². The average Bonchev–Trinajstić information content (AvgIpc) is 2.29. The van der Waals surface area contributed by atoms with E-state index in [0.29, 0.717) is 17.7 Å². The van der Waals surface area contributed by atoms with E-state index in [0.717, 1.165) is 0 Å². The Morgan fingerprint density at radius 2 is 2.12 bits per heavy atom. The molecule has 0 fully saturated rings. The van der Waals surface area contributed by atoms with Crippen molar-refractivity contribution in [1.82, 2.24) is 4.90 Å². The second kappa shape index (κ2) is 5.65. The number of carbonyl (C=O) groups excluding carboxylic acids is 1. The highest BCUT2D eigenvalue weighted by Gasteiger charge is 2.19. The summed E-state index contributed by atoms with van der Waals surface area (Å²) < 4.78 is 4.46. The highest BCUT2D eigenvalue weighted by atomic mass is 16.5. The summed E-state index contributed by atoms with van der Waals surface area (Å²) in [6.07, 6.45) is -1.32. The SMILES string of the molecule is COC(=O)C(O)c1ccc(O)c(CN(C)C)c1. The van der Waals surface area contributed by atoms with Gasteiger partial charge in [-0.05, 0) is 31.8 Å². The lowest BCUT2D eigenvalue weighted by molar-refractivity contribution is -0.150. The molecule has 5 heteroatoms. The number of hydrogen-bond donors (Lipinski definition) is 2. The molecule has 0 aliphatic heterocycles. The van der Waals surface area contributed by atoms with Crippen molar-refractivity contribution in [3.63, 3.8) is 0 Å². The molecule has 0 spiro atoms. The number of ether oxygens (including phenoxy) is 1. The van der Waals surface area contributed by atoms with Gasteiger partial charge in [-0.1, -0.05) is 6.07 Å². The van der Waals surface area contributed by atoms with Crippen molar-refractivity contribution in [2.24, 2.45) is 0 Å². The van der Waals surface area contributed by atoms with Crippen molar-refractivity contribution in [3.05, 3.63) is 29.3 Å². The number of hydrogen-bond acceptors (Lipinski definition) is 5. The summed E-state index contributed by atoms with van der Waals surface area (Å²) >= 11 is 0. The molecule has 94 valence electrons. The van der Waals surface area contributed by atoms with Crippen LogP contribution < -0.4 is 0 Å². The molecular formula is C12H17NO4. The van der Waals surface area contributed by atoms with E-state index in [-0.39, 0.29) is 5.75 Å². The van der Waals surface area contributed by atoms with Crippen LogP contribution in [0.5, 0.6) is 5.75 Å². The highest BCUT2D eigenvalue weighted by molar-refractivity contribution is 5.76. The van der Waals surface area contributed by atoms with Crippen LogP contribution in [0.15, 0.2) is 18.2 Å². The van der Waals surface area contributed by atoms with Crippen LogP contribution >= 0.6 is 0 Å². The van der Waals surface area contributed by atoms with Gasteiger partial charge in [-0.25, -0.2) is 4.79 Å². The van der Waals surface area contributed by atoms with Gasteiger partial charge >= 0.3 is 5.97 Å². The molecule has 0 heterocycles. The first-order valence-electron chi connectivity index (χ1n) is 5.18. The zero-order chi connectivity index (χ0) is 13.0. The van der Waals surface area contributed by atoms with Crippen molar-refractivity contribution >= 4 is 5.97 Å². The van der Waals surface area contributed by atoms with E-state index >= 15 is 0 Å². The van der Waals surface area contributed by atoms with Gasteiger partial charge in [0.1, 0.15) is 5.75 Å². The standard InChI is InChI=1S/C12H17NO4/c1-13(2)7-9-6-8(4-5-10(9)14)11(15)12(16)17-3/h4-6,11,14-15H,7H2,1-3H3. The Balaban J connectivity index is 2.99. The predicted octanol–water partition coefficient (Wildman–Crippen LogP) is 0.660. The van der Waals surface area contributed by atoms with Crippen molar-refractivity contribution in [1.29, 1.82) is 0 Å². The maximum absolute atomic E-state index is 11.2. The molecule has 0 saturated heterocycles. The first-order chi connectivity index (χ1) is 7.95. The smallest absolute Gasteiger partial charge is 0.339 e. The molecule has 1 atom stereocenters. The first kappa shape index (κ1) is 13.5. The Bertz CT molecular complexity index is 403. The fourth-order valence-corrected chi connectivity index (χ4v) is 1.49. The van der Waals surface area contributed by atoms with E-state index in [1.807, 2.05) is 19.0 Å². The number of esters is 1. The lowest BCUT2D eigenvalue weighted by atomic mass is 10.0. The van der Waals surface area contributed by atoms with Gasteiger partial charge in [0.05, 0.1) is 7.11 Å². The second-order valence-electron chi connectivity index (χ2n) is 4.05. The Morgan fingerprint density at radius 3 is 2.65 bits per heavy atom. The third-order valence-electron chi connectivity index (χ3n) is 2.33. The molecule has 1 rings (SSSR count). The second-order valence-corrected chi connectivity index (χ2v) is 4.05. The van der Waals surface area contributed by atoms with Gasteiger partial charge in [0.2, 0.25) is 0 Å². The maximum Gasteiger partial charge on any atom is 0.339 e. The summed E-state index contributed by atoms with van der Waals surface area (Å²) in [6.45, 7) is 0.521. The Morgan fingerprint density at radius 1 is 1.47 bits per heavy atom. The number of aliphatic hydroxyl groups is 1. The minimum absolute atomic E-state index is 0.138. The normalized spacial score (nSPS) is 12.5. The van der Waals surface area contributed by atoms with Crippen molar-refractivity contribution in [2.75, 3.05) is 21.2 Å². The van der Waals surface area contributed by atoms with Crippen LogP contribution in [0.1, 0.15) is 17.2 Å². The van der Waals surface area contributed by atoms with Gasteiger partial charge < -0.3 is 19.8 Å². The minimum atomic E-state index is -1.32. The molecule has 17 heavy (non-hydrogen) atoms. The Kier molecular flexibility index (Phi) is 4.48. The molecular weight excluding hydrogens is 222 g/mol. The van der Waals surface area contributed by atoms with Gasteiger partial charge in [0.15, 0.2) is 6.10 Å². The van der Waals surface area contributed by atoms with Gasteiger partial charge in [0, 0.05) is 12.1 Å². The molecule has 1 aromatic carbocycles. The third kappa shape index (κ3) is 3.44. The van der Waals surface area contributed by atoms with Crippen LogP contribution in [0.2, 0.25) is 0 Å². The summed E-state index contributed by atoms with van der Waals surface area (Å²) in [7, 11) is 4.94. The molecule has 2 N–H and O–H groups in total. The minimum Gasteiger partial charge on any atom is -0.508 e. The summed E-state index contributed by atoms with van der Waals surface area (Å²) in [6, 6.07) is 4.55. The molecule has 0 saturated carbocycles. The highest BCUT2D eigenvalue weighted by Crippen LogP contribution is 2.23. The van der Waals surface area contributed by atoms with Crippen LogP contribution in [0.25, 0.3) is 0 Å². The number of phenolic OH excluding ortho intramolecular Hbond substituents is 1. The largest absolute Gasteiger partial charge is 0.508 e. The topological polar surface area (TPSA) is 70.0 Å². The molecule has 5 nitrogen and oxygen atoms in total. The molecule has 0 aliphatic rings. The summed E-state index contributed by atoms with van der Waals surface area (Å²) in [4.78, 5) is 13.1. The molecule has 1 aromatic rings. The van der Waals surface area contributed by atoms with Crippen LogP contribution in [-0.4, -0.2) is 42.3 Å². The number of methoxy groups -OCH3 is 1. The van der Waals surface area contributed by atoms with E-state index in [2.05, 4.69) is 4.74 Å². The maximum atomic E-state index is 11.2. The van der Waals surface area contributed by atoms with E-state index in [1.54, 1.807) is 6.07 Å². The van der Waals surface area contributed by atoms with E-state index in [9.17, 15) is 15.0 Å². The first-order valence-corrected chi connectivity index (χ1v) is 5.18. The van der Waals surface area contributed by atoms with Crippen molar-refractivity contribution < 1.29 is 19.7 Å². The van der Waals surface area contributed by atoms with Crippen LogP contribution in [0, 0.1) is 0 Å². The fraction of sp³-hybridized carbons (Fsp3) is 0.417. The number of carbonyl (C=O) groups is 1. The summed E-state index contributed by atoms with van der Waals surface area (Å²) in [5.41, 5.74) is 1.06. The van der Waals surface area contributed by atoms with Crippen LogP contribution in [-0.2, 0) is 16.1 Å². The van der Waals surface area contributed by atoms with E-state index in [1.165, 1.54) is 19.2 Å². The number of nitrogens with zero attached hydrogens (tertiary/aromatic N) is 1. The van der Waals surface area contributed by atoms with Gasteiger partial charge in [-0.2, -0.15) is 0 Å².